The van der Waals surface area contributed by atoms with Gasteiger partial charge in [-0.15, -0.1) is 0 Å². The number of carboxylic acids is 1. The summed E-state index contributed by atoms with van der Waals surface area (Å²) >= 11 is 3.40. The van der Waals surface area contributed by atoms with Gasteiger partial charge in [0.2, 0.25) is 0 Å². The van der Waals surface area contributed by atoms with Crippen LogP contribution in [0.15, 0.2) is 34.3 Å². The predicted molar refractivity (Wildman–Crippen MR) is 91.1 cm³/mol. The van der Waals surface area contributed by atoms with Crippen LogP contribution in [0.1, 0.15) is 32.8 Å². The van der Waals surface area contributed by atoms with Gasteiger partial charge in [-0.25, -0.2) is 9.59 Å². The van der Waals surface area contributed by atoms with Gasteiger partial charge in [0, 0.05) is 11.0 Å². The van der Waals surface area contributed by atoms with Gasteiger partial charge < -0.3 is 14.7 Å². The lowest BCUT2D eigenvalue weighted by atomic mass is 9.93. The Bertz CT molecular complexity index is 661. The van der Waals surface area contributed by atoms with E-state index in [9.17, 15) is 14.7 Å². The summed E-state index contributed by atoms with van der Waals surface area (Å²) in [4.78, 5) is 25.2. The Labute approximate surface area is 144 Å². The van der Waals surface area contributed by atoms with Crippen LogP contribution in [0, 0.1) is 0 Å². The summed E-state index contributed by atoms with van der Waals surface area (Å²) in [5.41, 5.74) is 1.26. The van der Waals surface area contributed by atoms with Gasteiger partial charge in [-0.3, -0.25) is 0 Å². The molecule has 1 amide bonds. The number of carboxylic acid groups (broad SMARTS) is 1. The van der Waals surface area contributed by atoms with E-state index in [1.54, 1.807) is 20.8 Å². The molecule has 0 saturated carbocycles. The minimum atomic E-state index is -1.01. The van der Waals surface area contributed by atoms with E-state index in [0.29, 0.717) is 13.0 Å². The summed E-state index contributed by atoms with van der Waals surface area (Å²) in [7, 11) is 0. The standard InChI is InChI=1S/C17H20BrNO4/c1-17(2,3)23-16(22)19-8-7-13(14(10-19)15(20)21)11-5-4-6-12(18)9-11/h4-6,9H,7-8,10H2,1-3H3,(H,20,21). The first-order valence-corrected chi connectivity index (χ1v) is 8.16. The lowest BCUT2D eigenvalue weighted by Gasteiger charge is -2.31. The molecule has 5 nitrogen and oxygen atoms in total. The molecule has 0 bridgehead atoms. The zero-order valence-corrected chi connectivity index (χ0v) is 15.0. The quantitative estimate of drug-likeness (QED) is 0.842. The van der Waals surface area contributed by atoms with Gasteiger partial charge in [-0.2, -0.15) is 0 Å². The number of nitrogens with zero attached hydrogens (tertiary/aromatic N) is 1. The molecule has 1 aliphatic heterocycles. The molecule has 1 aliphatic rings. The minimum Gasteiger partial charge on any atom is -0.478 e. The average molecular weight is 382 g/mol. The summed E-state index contributed by atoms with van der Waals surface area (Å²) < 4.78 is 6.22. The van der Waals surface area contributed by atoms with Gasteiger partial charge in [0.05, 0.1) is 12.1 Å². The van der Waals surface area contributed by atoms with E-state index in [1.165, 1.54) is 4.90 Å². The smallest absolute Gasteiger partial charge is 0.410 e. The van der Waals surface area contributed by atoms with Crippen molar-refractivity contribution in [3.8, 4) is 0 Å². The largest absolute Gasteiger partial charge is 0.478 e. The van der Waals surface area contributed by atoms with Crippen molar-refractivity contribution in [2.45, 2.75) is 32.8 Å². The van der Waals surface area contributed by atoms with Crippen molar-refractivity contribution in [2.75, 3.05) is 13.1 Å². The molecule has 0 spiro atoms. The highest BCUT2D eigenvalue weighted by Crippen LogP contribution is 2.30. The number of hydrogen-bond acceptors (Lipinski definition) is 3. The van der Waals surface area contributed by atoms with Crippen molar-refractivity contribution in [3.05, 3.63) is 39.9 Å². The number of ether oxygens (including phenoxy) is 1. The monoisotopic (exact) mass is 381 g/mol. The van der Waals surface area contributed by atoms with E-state index >= 15 is 0 Å². The second-order valence-corrected chi connectivity index (χ2v) is 7.34. The maximum Gasteiger partial charge on any atom is 0.410 e. The summed E-state index contributed by atoms with van der Waals surface area (Å²) in [5, 5.41) is 9.52. The molecule has 6 heteroatoms. The van der Waals surface area contributed by atoms with Gasteiger partial charge in [0.25, 0.3) is 0 Å². The van der Waals surface area contributed by atoms with Crippen molar-refractivity contribution < 1.29 is 19.4 Å². The van der Waals surface area contributed by atoms with Gasteiger partial charge >= 0.3 is 12.1 Å². The van der Waals surface area contributed by atoms with Crippen LogP contribution in [-0.4, -0.2) is 40.8 Å². The summed E-state index contributed by atoms with van der Waals surface area (Å²) in [5.74, 6) is -1.01. The van der Waals surface area contributed by atoms with Gasteiger partial charge in [0.15, 0.2) is 0 Å². The Kier molecular flexibility index (Phi) is 5.14. The lowest BCUT2D eigenvalue weighted by molar-refractivity contribution is -0.132. The van der Waals surface area contributed by atoms with Crippen molar-refractivity contribution in [1.82, 2.24) is 4.90 Å². The average Bonchev–Trinajstić information content (AvgIpc) is 2.44. The van der Waals surface area contributed by atoms with Gasteiger partial charge in [-0.1, -0.05) is 28.1 Å². The Hall–Kier alpha value is -1.82. The van der Waals surface area contributed by atoms with Crippen LogP contribution in [-0.2, 0) is 9.53 Å². The first-order chi connectivity index (χ1) is 10.7. The van der Waals surface area contributed by atoms with Crippen LogP contribution in [0.5, 0.6) is 0 Å². The highest BCUT2D eigenvalue weighted by molar-refractivity contribution is 9.10. The third-order valence-corrected chi connectivity index (χ3v) is 3.92. The molecular formula is C17H20BrNO4. The van der Waals surface area contributed by atoms with Crippen LogP contribution < -0.4 is 0 Å². The van der Waals surface area contributed by atoms with E-state index in [2.05, 4.69) is 15.9 Å². The molecule has 2 rings (SSSR count). The maximum absolute atomic E-state index is 12.2. The molecule has 1 aromatic rings. The maximum atomic E-state index is 12.2. The van der Waals surface area contributed by atoms with Gasteiger partial charge in [-0.05, 0) is 50.5 Å². The van der Waals surface area contributed by atoms with Crippen LogP contribution in [0.2, 0.25) is 0 Å². The molecule has 0 radical (unpaired) electrons. The highest BCUT2D eigenvalue weighted by atomic mass is 79.9. The molecule has 0 unspecified atom stereocenters. The fourth-order valence-corrected chi connectivity index (χ4v) is 2.84. The number of aliphatic carboxylic acids is 1. The van der Waals surface area contributed by atoms with Crippen molar-refractivity contribution >= 4 is 33.6 Å². The lowest BCUT2D eigenvalue weighted by Crippen LogP contribution is -2.41. The molecule has 124 valence electrons. The molecule has 1 aromatic carbocycles. The van der Waals surface area contributed by atoms with E-state index in [-0.39, 0.29) is 12.1 Å². The van der Waals surface area contributed by atoms with E-state index < -0.39 is 17.7 Å². The molecule has 23 heavy (non-hydrogen) atoms. The number of rotatable bonds is 2. The minimum absolute atomic E-state index is 0.0477. The molecule has 0 saturated heterocycles. The highest BCUT2D eigenvalue weighted by Gasteiger charge is 2.30. The first-order valence-electron chi connectivity index (χ1n) is 7.36. The second kappa shape index (κ2) is 6.74. The summed E-state index contributed by atoms with van der Waals surface area (Å²) in [6, 6.07) is 7.53. The first kappa shape index (κ1) is 17.5. The predicted octanol–water partition coefficient (Wildman–Crippen LogP) is 3.93. The van der Waals surface area contributed by atoms with Crippen LogP contribution in [0.3, 0.4) is 0 Å². The Morgan fingerprint density at radius 3 is 2.57 bits per heavy atom. The van der Waals surface area contributed by atoms with Crippen LogP contribution in [0.25, 0.3) is 5.57 Å². The molecule has 0 fully saturated rings. The van der Waals surface area contributed by atoms with Crippen molar-refractivity contribution in [2.24, 2.45) is 0 Å². The zero-order valence-electron chi connectivity index (χ0n) is 13.4. The fraction of sp³-hybridized carbons (Fsp3) is 0.412. The number of halogens is 1. The zero-order chi connectivity index (χ0) is 17.2. The fourth-order valence-electron chi connectivity index (χ4n) is 2.44. The molecular weight excluding hydrogens is 362 g/mol. The normalized spacial score (nSPS) is 15.6. The number of carbonyl (C=O) groups excluding carboxylic acids is 1. The summed E-state index contributed by atoms with van der Waals surface area (Å²) in [6.07, 6.45) is 0.00156. The van der Waals surface area contributed by atoms with E-state index in [1.807, 2.05) is 24.3 Å². The molecule has 1 N–H and O–H groups in total. The van der Waals surface area contributed by atoms with E-state index in [0.717, 1.165) is 15.6 Å². The Morgan fingerprint density at radius 2 is 2.00 bits per heavy atom. The summed E-state index contributed by atoms with van der Waals surface area (Å²) in [6.45, 7) is 5.85. The number of carbonyl (C=O) groups is 2. The third-order valence-electron chi connectivity index (χ3n) is 3.43. The van der Waals surface area contributed by atoms with E-state index in [4.69, 9.17) is 4.74 Å². The third kappa shape index (κ3) is 4.58. The number of hydrogen-bond donors (Lipinski definition) is 1. The molecule has 0 aliphatic carbocycles. The van der Waals surface area contributed by atoms with Crippen LogP contribution in [0.4, 0.5) is 4.79 Å². The molecule has 0 aromatic heterocycles. The number of amides is 1. The molecule has 1 heterocycles. The molecule has 0 atom stereocenters. The Morgan fingerprint density at radius 1 is 1.30 bits per heavy atom. The van der Waals surface area contributed by atoms with Gasteiger partial charge in [0.1, 0.15) is 5.60 Å². The number of benzene rings is 1. The topological polar surface area (TPSA) is 66.8 Å². The SMILES string of the molecule is CC(C)(C)OC(=O)N1CCC(c2cccc(Br)c2)=C(C(=O)O)C1. The van der Waals surface area contributed by atoms with Crippen molar-refractivity contribution in [1.29, 1.82) is 0 Å². The van der Waals surface area contributed by atoms with Crippen molar-refractivity contribution in [3.63, 3.8) is 0 Å². The second-order valence-electron chi connectivity index (χ2n) is 6.42. The van der Waals surface area contributed by atoms with Crippen LogP contribution >= 0.6 is 15.9 Å². The Balaban J connectivity index is 2.28.